The molecule has 0 radical (unpaired) electrons. The van der Waals surface area contributed by atoms with E-state index in [1.807, 2.05) is 54.1 Å². The van der Waals surface area contributed by atoms with Gasteiger partial charge in [-0.3, -0.25) is 14.5 Å². The number of morpholine rings is 1. The minimum absolute atomic E-state index is 0.0429. The number of nitrogens with zero attached hydrogens (tertiary/aromatic N) is 4. The number of aryl methyl sites for hydroxylation is 2. The van der Waals surface area contributed by atoms with Gasteiger partial charge in [0.15, 0.2) is 0 Å². The number of fused-ring (bicyclic) bond motifs is 1. The summed E-state index contributed by atoms with van der Waals surface area (Å²) in [7, 11) is 0. The van der Waals surface area contributed by atoms with Gasteiger partial charge in [0.2, 0.25) is 11.8 Å². The van der Waals surface area contributed by atoms with E-state index < -0.39 is 0 Å². The predicted octanol–water partition coefficient (Wildman–Crippen LogP) is 5.18. The van der Waals surface area contributed by atoms with Crippen molar-refractivity contribution in [2.75, 3.05) is 43.5 Å². The molecular weight excluding hydrogens is 520 g/mol. The van der Waals surface area contributed by atoms with Gasteiger partial charge in [-0.1, -0.05) is 78.4 Å². The first-order valence-corrected chi connectivity index (χ1v) is 14.6. The molecule has 2 amide bonds. The van der Waals surface area contributed by atoms with Gasteiger partial charge < -0.3 is 9.64 Å². The third-order valence-electron chi connectivity index (χ3n) is 7.48. The zero-order valence-electron chi connectivity index (χ0n) is 22.7. The van der Waals surface area contributed by atoms with Crippen LogP contribution < -0.4 is 4.90 Å². The molecule has 1 fully saturated rings. The summed E-state index contributed by atoms with van der Waals surface area (Å²) >= 11 is 1.60. The number of carbonyl (C=O) groups is 2. The summed E-state index contributed by atoms with van der Waals surface area (Å²) in [6.07, 6.45) is 0. The highest BCUT2D eigenvalue weighted by Crippen LogP contribution is 2.48. The molecule has 4 aromatic rings. The number of rotatable bonds is 5. The molecule has 0 saturated carbocycles. The third-order valence-corrected chi connectivity index (χ3v) is 8.74. The first kappa shape index (κ1) is 26.3. The van der Waals surface area contributed by atoms with E-state index in [9.17, 15) is 9.59 Å². The smallest absolute Gasteiger partial charge is 0.242 e. The summed E-state index contributed by atoms with van der Waals surface area (Å²) in [4.78, 5) is 30.9. The number of benzene rings is 3. The molecule has 6 rings (SSSR count). The number of anilines is 1. The van der Waals surface area contributed by atoms with Gasteiger partial charge in [0, 0.05) is 24.2 Å². The summed E-state index contributed by atoms with van der Waals surface area (Å²) in [6, 6.07) is 26.6. The molecule has 2 aliphatic heterocycles. The first-order valence-electron chi connectivity index (χ1n) is 13.6. The van der Waals surface area contributed by atoms with Crippen LogP contribution in [0.5, 0.6) is 0 Å². The number of thioether (sulfide) groups is 1. The number of ether oxygens (including phenoxy) is 1. The van der Waals surface area contributed by atoms with E-state index in [1.54, 1.807) is 21.6 Å². The van der Waals surface area contributed by atoms with Crippen LogP contribution in [0.3, 0.4) is 0 Å². The van der Waals surface area contributed by atoms with Crippen LogP contribution in [-0.4, -0.2) is 65.1 Å². The van der Waals surface area contributed by atoms with Gasteiger partial charge in [0.05, 0.1) is 35.6 Å². The topological polar surface area (TPSA) is 67.7 Å². The van der Waals surface area contributed by atoms with E-state index >= 15 is 0 Å². The minimum Gasteiger partial charge on any atom is -0.378 e. The second-order valence-electron chi connectivity index (χ2n) is 10.2. The quantitative estimate of drug-likeness (QED) is 0.341. The zero-order valence-corrected chi connectivity index (χ0v) is 23.6. The molecule has 8 heteroatoms. The lowest BCUT2D eigenvalue weighted by atomic mass is 9.98. The third kappa shape index (κ3) is 5.05. The van der Waals surface area contributed by atoms with Crippen molar-refractivity contribution in [1.82, 2.24) is 14.7 Å². The van der Waals surface area contributed by atoms with Crippen molar-refractivity contribution in [2.45, 2.75) is 19.1 Å². The maximum atomic E-state index is 13.9. The molecular formula is C32H32N4O3S. The number of amides is 2. The fraction of sp³-hybridized carbons (Fsp3) is 0.281. The van der Waals surface area contributed by atoms with E-state index in [4.69, 9.17) is 9.84 Å². The summed E-state index contributed by atoms with van der Waals surface area (Å²) in [5.74, 6) is 0.736. The molecule has 1 atom stereocenters. The van der Waals surface area contributed by atoms with Crippen molar-refractivity contribution in [3.63, 3.8) is 0 Å². The number of para-hydroxylation sites is 1. The molecule has 0 bridgehead atoms. The van der Waals surface area contributed by atoms with Crippen LogP contribution in [0.1, 0.15) is 27.5 Å². The van der Waals surface area contributed by atoms with Crippen molar-refractivity contribution in [3.05, 3.63) is 101 Å². The Morgan fingerprint density at radius 1 is 0.975 bits per heavy atom. The fourth-order valence-corrected chi connectivity index (χ4v) is 6.63. The van der Waals surface area contributed by atoms with Gasteiger partial charge in [-0.25, -0.2) is 4.68 Å². The van der Waals surface area contributed by atoms with Crippen molar-refractivity contribution in [2.24, 2.45) is 0 Å². The number of hydrogen-bond acceptors (Lipinski definition) is 5. The molecule has 1 aromatic heterocycles. The van der Waals surface area contributed by atoms with Gasteiger partial charge in [0.1, 0.15) is 12.4 Å². The van der Waals surface area contributed by atoms with Crippen LogP contribution in [0.2, 0.25) is 0 Å². The van der Waals surface area contributed by atoms with Gasteiger partial charge in [0.25, 0.3) is 0 Å². The predicted molar refractivity (Wildman–Crippen MR) is 159 cm³/mol. The number of aromatic nitrogens is 2. The zero-order chi connectivity index (χ0) is 27.6. The number of carbonyl (C=O) groups excluding carboxylic acids is 2. The lowest BCUT2D eigenvalue weighted by Crippen LogP contribution is -2.48. The molecule has 7 nitrogen and oxygen atoms in total. The van der Waals surface area contributed by atoms with E-state index in [0.29, 0.717) is 32.1 Å². The van der Waals surface area contributed by atoms with Crippen LogP contribution in [-0.2, 0) is 14.3 Å². The maximum absolute atomic E-state index is 13.9. The molecule has 1 saturated heterocycles. The van der Waals surface area contributed by atoms with Crippen molar-refractivity contribution >= 4 is 29.4 Å². The monoisotopic (exact) mass is 552 g/mol. The Hall–Kier alpha value is -3.88. The van der Waals surface area contributed by atoms with Gasteiger partial charge >= 0.3 is 0 Å². The Bertz CT molecular complexity index is 1550. The molecule has 3 heterocycles. The Kier molecular flexibility index (Phi) is 7.45. The van der Waals surface area contributed by atoms with Crippen LogP contribution in [0, 0.1) is 13.8 Å². The molecule has 204 valence electrons. The summed E-state index contributed by atoms with van der Waals surface area (Å²) in [5.41, 5.74) is 6.92. The molecule has 1 unspecified atom stereocenters. The Morgan fingerprint density at radius 2 is 1.73 bits per heavy atom. The van der Waals surface area contributed by atoms with Gasteiger partial charge in [-0.15, -0.1) is 11.8 Å². The fourth-order valence-electron chi connectivity index (χ4n) is 5.44. The second kappa shape index (κ2) is 11.3. The molecule has 0 spiro atoms. The average molecular weight is 553 g/mol. The average Bonchev–Trinajstić information content (AvgIpc) is 3.30. The Morgan fingerprint density at radius 3 is 2.48 bits per heavy atom. The second-order valence-corrected chi connectivity index (χ2v) is 11.3. The Balaban J connectivity index is 1.60. The van der Waals surface area contributed by atoms with Crippen LogP contribution >= 0.6 is 11.8 Å². The summed E-state index contributed by atoms with van der Waals surface area (Å²) < 4.78 is 7.34. The standard InChI is InChI=1S/C32H32N4O3S/c1-22-9-8-13-25(19-22)31-29-30(24-11-4-3-5-12-24)33-36(26-14-7-6-10-23(26)2)32(29)35(28(38)21-40-31)20-27(37)34-15-17-39-18-16-34/h3-14,19,31H,15-18,20-21H2,1-2H3. The molecule has 3 aromatic carbocycles. The molecule has 0 aliphatic carbocycles. The maximum Gasteiger partial charge on any atom is 0.242 e. The highest BCUT2D eigenvalue weighted by atomic mass is 32.2. The van der Waals surface area contributed by atoms with Gasteiger partial charge in [-0.05, 0) is 31.0 Å². The highest BCUT2D eigenvalue weighted by Gasteiger charge is 2.38. The highest BCUT2D eigenvalue weighted by molar-refractivity contribution is 8.00. The molecule has 0 N–H and O–H groups in total. The lowest BCUT2D eigenvalue weighted by Gasteiger charge is -2.30. The van der Waals surface area contributed by atoms with Gasteiger partial charge in [-0.2, -0.15) is 5.10 Å². The summed E-state index contributed by atoms with van der Waals surface area (Å²) in [5, 5.41) is 5.06. The van der Waals surface area contributed by atoms with Crippen LogP contribution in [0.4, 0.5) is 5.82 Å². The van der Waals surface area contributed by atoms with E-state index in [-0.39, 0.29) is 29.4 Å². The van der Waals surface area contributed by atoms with Crippen molar-refractivity contribution < 1.29 is 14.3 Å². The SMILES string of the molecule is Cc1cccc(C2SCC(=O)N(CC(=O)N3CCOCC3)c3c2c(-c2ccccc2)nn3-c2ccccc2C)c1. The summed E-state index contributed by atoms with van der Waals surface area (Å²) in [6.45, 7) is 6.16. The first-order chi connectivity index (χ1) is 19.5. The van der Waals surface area contributed by atoms with E-state index in [1.165, 1.54) is 0 Å². The van der Waals surface area contributed by atoms with Crippen molar-refractivity contribution in [1.29, 1.82) is 0 Å². The molecule has 2 aliphatic rings. The van der Waals surface area contributed by atoms with E-state index in [2.05, 4.69) is 43.3 Å². The van der Waals surface area contributed by atoms with Crippen molar-refractivity contribution in [3.8, 4) is 16.9 Å². The van der Waals surface area contributed by atoms with E-state index in [0.717, 1.165) is 39.2 Å². The molecule has 40 heavy (non-hydrogen) atoms. The largest absolute Gasteiger partial charge is 0.378 e. The van der Waals surface area contributed by atoms with Crippen LogP contribution in [0.25, 0.3) is 16.9 Å². The minimum atomic E-state index is -0.143. The van der Waals surface area contributed by atoms with Crippen LogP contribution in [0.15, 0.2) is 78.9 Å². The normalized spacial score (nSPS) is 17.4. The number of hydrogen-bond donors (Lipinski definition) is 0. The Labute approximate surface area is 238 Å². The lowest BCUT2D eigenvalue weighted by molar-refractivity contribution is -0.134.